The van der Waals surface area contributed by atoms with Crippen LogP contribution in [0.3, 0.4) is 0 Å². The van der Waals surface area contributed by atoms with Crippen molar-refractivity contribution in [1.82, 2.24) is 42.1 Å². The number of amides is 9. The lowest BCUT2D eigenvalue weighted by molar-refractivity contribution is -0.147. The molecule has 0 bridgehead atoms. The van der Waals surface area contributed by atoms with Crippen LogP contribution in [-0.4, -0.2) is 164 Å². The van der Waals surface area contributed by atoms with Gasteiger partial charge in [-0.2, -0.15) is 0 Å². The van der Waals surface area contributed by atoms with Gasteiger partial charge in [-0.1, -0.05) is 27.7 Å². The summed E-state index contributed by atoms with van der Waals surface area (Å²) in [5.74, 6) is -11.5. The highest BCUT2D eigenvalue weighted by Crippen LogP contribution is 2.19. The number of nitrogens with one attached hydrogen (secondary N) is 7. The lowest BCUT2D eigenvalue weighted by Crippen LogP contribution is -2.61. The molecule has 1 heterocycles. The summed E-state index contributed by atoms with van der Waals surface area (Å²) in [7, 11) is 0. The Morgan fingerprint density at radius 3 is 1.55 bits per heavy atom. The molecule has 1 saturated heterocycles. The number of aliphatic hydroxyl groups is 2. The number of aliphatic hydroxyl groups excluding tert-OH is 2. The molecule has 0 aromatic heterocycles. The fraction of sp³-hybridized carbons (Fsp3) is 0.718. The topological polar surface area (TPSA) is 408 Å². The molecule has 362 valence electrons. The Morgan fingerprint density at radius 2 is 1.11 bits per heavy atom. The van der Waals surface area contributed by atoms with E-state index in [2.05, 4.69) is 31.9 Å². The van der Waals surface area contributed by atoms with Gasteiger partial charge < -0.3 is 74.0 Å². The molecule has 1 aliphatic heterocycles. The SMILES string of the molecule is CC(C)C[C@H](NC(=O)[C@H](CCC(N)=O)NC(=O)[C@@H]1CCCN1C(=O)[C@@H](N)CO)C(=O)N[C@@H](C)C(=O)N[C@H](C(=O)N[C@@H](CC(C)C)C(=O)N[C@@H](C)C(=O)N[C@@H](CC(=O)O)C(=O)O)[C@@H](C)O. The van der Waals surface area contributed by atoms with Crippen LogP contribution in [-0.2, 0) is 52.7 Å². The summed E-state index contributed by atoms with van der Waals surface area (Å²) in [6.07, 6.45) is -2.47. The Kier molecular flexibility index (Phi) is 23.3. The minimum absolute atomic E-state index is 0.0102. The molecule has 0 aliphatic carbocycles. The van der Waals surface area contributed by atoms with Crippen LogP contribution < -0.4 is 48.7 Å². The van der Waals surface area contributed by atoms with E-state index in [0.717, 1.165) is 0 Å². The number of primary amides is 1. The Balaban J connectivity index is 3.14. The molecule has 9 amide bonds. The third-order valence-electron chi connectivity index (χ3n) is 9.91. The molecule has 0 radical (unpaired) electrons. The standard InChI is InChI=1S/C39H66N10O15/c1-17(2)13-24(45-33(57)23(10-11-28(41)52)44-36(60)27-9-8-12-49(27)38(62)22(40)16-50)34(58)43-20(6)32(56)48-30(21(7)51)37(61)46-25(14-18(3)4)35(59)42-19(5)31(55)47-26(39(63)64)15-29(53)54/h17-27,30,50-51H,8-16,40H2,1-7H3,(H2,41,52)(H,42,59)(H,43,58)(H,44,60)(H,45,57)(H,46,61)(H,47,55)(H,48,56)(H,53,54)(H,63,64)/t19-,20-,21+,22-,23-,24-,25-,26-,27-,30-/m0/s1. The number of carboxylic acids is 2. The molecule has 25 heteroatoms. The van der Waals surface area contributed by atoms with Gasteiger partial charge in [-0.3, -0.25) is 47.9 Å². The average Bonchev–Trinajstić information content (AvgIpc) is 3.69. The third-order valence-corrected chi connectivity index (χ3v) is 9.91. The van der Waals surface area contributed by atoms with Crippen molar-refractivity contribution in [3.05, 3.63) is 0 Å². The summed E-state index contributed by atoms with van der Waals surface area (Å²) in [6, 6.07) is -12.7. The number of hydrogen-bond donors (Lipinski definition) is 13. The van der Waals surface area contributed by atoms with E-state index in [-0.39, 0.29) is 50.5 Å². The van der Waals surface area contributed by atoms with Crippen molar-refractivity contribution < 1.29 is 73.2 Å². The highest BCUT2D eigenvalue weighted by molar-refractivity contribution is 5.98. The Morgan fingerprint density at radius 1 is 0.641 bits per heavy atom. The lowest BCUT2D eigenvalue weighted by atomic mass is 10.0. The maximum atomic E-state index is 13.7. The predicted octanol–water partition coefficient (Wildman–Crippen LogP) is -4.97. The fourth-order valence-electron chi connectivity index (χ4n) is 6.47. The quantitative estimate of drug-likeness (QED) is 0.0367. The molecule has 64 heavy (non-hydrogen) atoms. The molecule has 10 atom stereocenters. The number of likely N-dealkylation sites (tertiary alicyclic amines) is 1. The second kappa shape index (κ2) is 26.6. The molecule has 1 fully saturated rings. The van der Waals surface area contributed by atoms with Gasteiger partial charge in [0.1, 0.15) is 54.4 Å². The molecule has 1 rings (SSSR count). The summed E-state index contributed by atoms with van der Waals surface area (Å²) in [4.78, 5) is 141. The average molecular weight is 915 g/mol. The van der Waals surface area contributed by atoms with Crippen molar-refractivity contribution in [3.8, 4) is 0 Å². The summed E-state index contributed by atoms with van der Waals surface area (Å²) >= 11 is 0. The smallest absolute Gasteiger partial charge is 0.326 e. The second-order valence-electron chi connectivity index (χ2n) is 16.6. The number of aliphatic carboxylic acids is 2. The monoisotopic (exact) mass is 914 g/mol. The van der Waals surface area contributed by atoms with Gasteiger partial charge in [0.05, 0.1) is 19.1 Å². The van der Waals surface area contributed by atoms with Gasteiger partial charge in [-0.15, -0.1) is 0 Å². The van der Waals surface area contributed by atoms with E-state index in [1.165, 1.54) is 25.7 Å². The Labute approximate surface area is 370 Å². The first kappa shape index (κ1) is 56.1. The largest absolute Gasteiger partial charge is 0.481 e. The molecule has 0 aromatic rings. The zero-order valence-electron chi connectivity index (χ0n) is 37.2. The van der Waals surface area contributed by atoms with Crippen LogP contribution in [0, 0.1) is 11.8 Å². The molecule has 25 nitrogen and oxygen atoms in total. The van der Waals surface area contributed by atoms with Crippen LogP contribution >= 0.6 is 0 Å². The van der Waals surface area contributed by atoms with Crippen molar-refractivity contribution in [2.45, 2.75) is 154 Å². The van der Waals surface area contributed by atoms with Gasteiger partial charge in [0.25, 0.3) is 0 Å². The third kappa shape index (κ3) is 18.8. The first-order chi connectivity index (χ1) is 29.7. The number of nitrogens with two attached hydrogens (primary N) is 2. The highest BCUT2D eigenvalue weighted by Gasteiger charge is 2.39. The zero-order chi connectivity index (χ0) is 49.2. The van der Waals surface area contributed by atoms with Crippen molar-refractivity contribution in [2.24, 2.45) is 23.3 Å². The fourth-order valence-corrected chi connectivity index (χ4v) is 6.47. The summed E-state index contributed by atoms with van der Waals surface area (Å²) in [5, 5.41) is 54.6. The maximum Gasteiger partial charge on any atom is 0.326 e. The molecule has 0 spiro atoms. The minimum Gasteiger partial charge on any atom is -0.481 e. The van der Waals surface area contributed by atoms with Gasteiger partial charge in [0, 0.05) is 13.0 Å². The number of carboxylic acid groups (broad SMARTS) is 2. The van der Waals surface area contributed by atoms with Crippen molar-refractivity contribution in [3.63, 3.8) is 0 Å². The van der Waals surface area contributed by atoms with E-state index in [9.17, 15) is 68.1 Å². The normalized spacial score (nSPS) is 17.8. The molecule has 15 N–H and O–H groups in total. The molecular formula is C39H66N10O15. The number of nitrogens with zero attached hydrogens (tertiary/aromatic N) is 1. The molecule has 0 aromatic carbocycles. The lowest BCUT2D eigenvalue weighted by Gasteiger charge is -2.29. The summed E-state index contributed by atoms with van der Waals surface area (Å²) in [5.41, 5.74) is 11.0. The van der Waals surface area contributed by atoms with Crippen LogP contribution in [0.15, 0.2) is 0 Å². The Hall–Kier alpha value is -5.95. The van der Waals surface area contributed by atoms with Crippen LogP contribution in [0.5, 0.6) is 0 Å². The molecule has 0 unspecified atom stereocenters. The minimum atomic E-state index is -1.79. The second-order valence-corrected chi connectivity index (χ2v) is 16.6. The highest BCUT2D eigenvalue weighted by atomic mass is 16.4. The van der Waals surface area contributed by atoms with Crippen LogP contribution in [0.1, 0.15) is 93.4 Å². The van der Waals surface area contributed by atoms with E-state index in [4.69, 9.17) is 16.6 Å². The van der Waals surface area contributed by atoms with E-state index < -0.39 is 139 Å². The van der Waals surface area contributed by atoms with Gasteiger partial charge in [-0.05, 0) is 64.7 Å². The van der Waals surface area contributed by atoms with Gasteiger partial charge in [0.2, 0.25) is 53.2 Å². The van der Waals surface area contributed by atoms with Crippen molar-refractivity contribution >= 4 is 65.1 Å². The summed E-state index contributed by atoms with van der Waals surface area (Å²) in [6.45, 7) is 10.0. The number of carbonyl (C=O) groups excluding carboxylic acids is 9. The first-order valence-electron chi connectivity index (χ1n) is 20.9. The van der Waals surface area contributed by atoms with Crippen LogP contribution in [0.2, 0.25) is 0 Å². The number of rotatable bonds is 27. The van der Waals surface area contributed by atoms with E-state index in [0.29, 0.717) is 6.42 Å². The van der Waals surface area contributed by atoms with Gasteiger partial charge in [0.15, 0.2) is 0 Å². The summed E-state index contributed by atoms with van der Waals surface area (Å²) < 4.78 is 0. The maximum absolute atomic E-state index is 13.7. The molecule has 1 aliphatic rings. The Bertz CT molecular complexity index is 1710. The van der Waals surface area contributed by atoms with Crippen molar-refractivity contribution in [2.75, 3.05) is 13.2 Å². The van der Waals surface area contributed by atoms with Gasteiger partial charge in [-0.25, -0.2) is 4.79 Å². The molecule has 0 saturated carbocycles. The van der Waals surface area contributed by atoms with Crippen molar-refractivity contribution in [1.29, 1.82) is 0 Å². The van der Waals surface area contributed by atoms with E-state index in [1.54, 1.807) is 27.7 Å². The van der Waals surface area contributed by atoms with E-state index in [1.807, 2.05) is 5.32 Å². The molecular weight excluding hydrogens is 848 g/mol. The van der Waals surface area contributed by atoms with E-state index >= 15 is 0 Å². The van der Waals surface area contributed by atoms with Gasteiger partial charge >= 0.3 is 11.9 Å². The first-order valence-corrected chi connectivity index (χ1v) is 20.9. The van der Waals surface area contributed by atoms with Crippen LogP contribution in [0.4, 0.5) is 0 Å². The number of hydrogen-bond acceptors (Lipinski definition) is 14. The number of carbonyl (C=O) groups is 11. The van der Waals surface area contributed by atoms with Crippen LogP contribution in [0.25, 0.3) is 0 Å². The zero-order valence-corrected chi connectivity index (χ0v) is 37.2. The predicted molar refractivity (Wildman–Crippen MR) is 224 cm³/mol.